The molecule has 0 radical (unpaired) electrons. The summed E-state index contributed by atoms with van der Waals surface area (Å²) in [5, 5.41) is 0. The van der Waals surface area contributed by atoms with Crippen LogP contribution in [-0.4, -0.2) is 45.4 Å². The van der Waals surface area contributed by atoms with Crippen LogP contribution in [0.25, 0.3) is 0 Å². The fourth-order valence-electron chi connectivity index (χ4n) is 12.9. The maximum absolute atomic E-state index is 14.0. The van der Waals surface area contributed by atoms with Gasteiger partial charge in [-0.1, -0.05) is 307 Å². The van der Waals surface area contributed by atoms with Crippen molar-refractivity contribution in [3.63, 3.8) is 0 Å². The van der Waals surface area contributed by atoms with Crippen molar-refractivity contribution in [2.24, 2.45) is 74.9 Å². The van der Waals surface area contributed by atoms with Gasteiger partial charge in [-0.15, -0.1) is 0 Å². The second kappa shape index (κ2) is 56.0. The van der Waals surface area contributed by atoms with Gasteiger partial charge in [0.05, 0.1) is 0 Å². The van der Waals surface area contributed by atoms with Gasteiger partial charge in [0.25, 0.3) is 0 Å². The van der Waals surface area contributed by atoms with Crippen molar-refractivity contribution in [2.75, 3.05) is 0 Å². The molecule has 0 aromatic rings. The summed E-state index contributed by atoms with van der Waals surface area (Å²) in [4.78, 5) is 0. The molecule has 0 spiro atoms. The zero-order valence-corrected chi connectivity index (χ0v) is 74.1. The molecule has 5 unspecified atom stereocenters. The van der Waals surface area contributed by atoms with Gasteiger partial charge < -0.3 is 0 Å². The van der Waals surface area contributed by atoms with E-state index in [0.29, 0.717) is 104 Å². The Bertz CT molecular complexity index is 1570. The predicted octanol–water partition coefficient (Wildman–Crippen LogP) is 34.1. The van der Waals surface area contributed by atoms with Crippen molar-refractivity contribution in [1.82, 2.24) is 0 Å². The van der Waals surface area contributed by atoms with Gasteiger partial charge in [0.1, 0.15) is 45.4 Å². The van der Waals surface area contributed by atoms with Crippen molar-refractivity contribution in [2.45, 2.75) is 492 Å². The quantitative estimate of drug-likeness (QED) is 0.0629. The predicted molar refractivity (Wildman–Crippen MR) is 424 cm³/mol. The molecule has 0 heterocycles. The fourth-order valence-corrected chi connectivity index (χ4v) is 12.9. The van der Waals surface area contributed by atoms with Gasteiger partial charge in [0, 0.05) is 5.41 Å². The molecule has 0 fully saturated rings. The van der Waals surface area contributed by atoms with Crippen LogP contribution in [0.3, 0.4) is 0 Å². The van der Waals surface area contributed by atoms with Crippen LogP contribution in [0.5, 0.6) is 0 Å². The smallest absolute Gasteiger partial charge is 0.113 e. The number of alkyl halides is 8. The maximum Gasteiger partial charge on any atom is 0.113 e. The van der Waals surface area contributed by atoms with Crippen LogP contribution in [0, 0.1) is 74.9 Å². The Balaban J connectivity index is -0.000000106. The van der Waals surface area contributed by atoms with Gasteiger partial charge in [-0.3, -0.25) is 0 Å². The van der Waals surface area contributed by atoms with E-state index in [1.54, 1.807) is 62.3 Å². The molecule has 0 amide bonds. The molecular formula is C87H186F8. The van der Waals surface area contributed by atoms with Crippen LogP contribution in [0.2, 0.25) is 0 Å². The van der Waals surface area contributed by atoms with E-state index in [1.165, 1.54) is 25.7 Å². The van der Waals surface area contributed by atoms with E-state index in [9.17, 15) is 35.1 Å². The van der Waals surface area contributed by atoms with Gasteiger partial charge in [-0.05, 0) is 209 Å². The lowest BCUT2D eigenvalue weighted by molar-refractivity contribution is 0.00941. The first-order chi connectivity index (χ1) is 42.4. The molecule has 95 heavy (non-hydrogen) atoms. The van der Waals surface area contributed by atoms with Crippen molar-refractivity contribution >= 4 is 0 Å². The lowest BCUT2D eigenvalue weighted by Crippen LogP contribution is -2.38. The molecule has 0 aliphatic heterocycles. The van der Waals surface area contributed by atoms with Crippen LogP contribution in [0.1, 0.15) is 446 Å². The molecular weight excluding hydrogens is 1200 g/mol. The maximum atomic E-state index is 14.0. The molecule has 0 aromatic carbocycles. The monoisotopic (exact) mass is 1380 g/mol. The zero-order chi connectivity index (χ0) is 79.0. The highest BCUT2D eigenvalue weighted by Gasteiger charge is 2.41. The van der Waals surface area contributed by atoms with Gasteiger partial charge in [0.15, 0.2) is 0 Å². The molecule has 0 rings (SSSR count). The lowest BCUT2D eigenvalue weighted by Gasteiger charge is -2.40. The van der Waals surface area contributed by atoms with Crippen LogP contribution < -0.4 is 0 Å². The summed E-state index contributed by atoms with van der Waals surface area (Å²) in [6, 6.07) is 0. The SMILES string of the molecule is CC(C)C(C(C)C)C(C)(C)F.CCC(C)(CC)C(C)(C)C.CCC(C)(F)C(C(C)C)C(C)C.CCC(C)(F)C(C)(CC)CC.CCC(C)(F)C(C)C.CCC(C)(F)CC.CCC(CC)C(C)(C)C.CCC(CC)C(C)(F)CC.CCCC(C)(F)CC.CCCC(C)(F)CCC. The minimum Gasteiger partial charge on any atom is -0.244 e. The largest absolute Gasteiger partial charge is 0.244 e. The second-order valence-electron chi connectivity index (χ2n) is 34.9. The molecule has 0 saturated carbocycles. The van der Waals surface area contributed by atoms with E-state index in [1.807, 2.05) is 90.0 Å². The van der Waals surface area contributed by atoms with E-state index >= 15 is 0 Å². The third-order valence-electron chi connectivity index (χ3n) is 23.1. The minimum atomic E-state index is -1.04. The first-order valence-corrected chi connectivity index (χ1v) is 39.9. The van der Waals surface area contributed by atoms with Crippen molar-refractivity contribution < 1.29 is 35.1 Å². The number of hydrogen-bond acceptors (Lipinski definition) is 0. The Morgan fingerprint density at radius 2 is 0.516 bits per heavy atom. The minimum absolute atomic E-state index is 0.137. The second-order valence-corrected chi connectivity index (χ2v) is 34.9. The first kappa shape index (κ1) is 116. The number of rotatable bonds is 30. The average molecular weight is 1380 g/mol. The van der Waals surface area contributed by atoms with Crippen LogP contribution in [-0.2, 0) is 0 Å². The number of hydrogen-bond donors (Lipinski definition) is 0. The van der Waals surface area contributed by atoms with Crippen LogP contribution in [0.15, 0.2) is 0 Å². The van der Waals surface area contributed by atoms with Gasteiger partial charge >= 0.3 is 0 Å². The van der Waals surface area contributed by atoms with Crippen LogP contribution >= 0.6 is 0 Å². The standard InChI is InChI=1S/C11H23F.2C10H21F.C10H22.C9H19F.C9H20.C8H17F.2C7H15F.C6H13F/c1-7-11(6,12)10(8(2)3)9(4)5;1-7(2)9(8(3)4)10(5,6)11;1-6-9(4,7-2)10(5,11)8-3;1-7-10(6,8-2)9(3,4)5;1-5-8(6-2)9(4,10)7-3;1-6-8(7-2)9(3,4)5;1-4-6-8(3,9)7-5-2;1-5-7(4,8)6(2)3;1-4-6-7(3,8)5-2;1-4-6(3,7)5-2/h8-10H,7H2,1-6H3;7-9H,1-6H3;6-8H2,1-5H3;7-8H2,1-6H3;8H,5-7H2,1-4H3;8H,6-7H2,1-5H3;4-7H2,1-3H3;6H,5H2,1-4H3;4-6H2,1-3H3;4-5H2,1-3H3. The summed E-state index contributed by atoms with van der Waals surface area (Å²) in [6.07, 6.45) is 18.3. The molecule has 0 aliphatic carbocycles. The average Bonchev–Trinajstić information content (AvgIpc) is 0.852. The summed E-state index contributed by atoms with van der Waals surface area (Å²) >= 11 is 0. The molecule has 0 aliphatic rings. The van der Waals surface area contributed by atoms with Crippen molar-refractivity contribution in [1.29, 1.82) is 0 Å². The van der Waals surface area contributed by atoms with E-state index in [-0.39, 0.29) is 29.1 Å². The normalized spacial score (nSPS) is 15.5. The van der Waals surface area contributed by atoms with Gasteiger partial charge in [0.2, 0.25) is 0 Å². The Morgan fingerprint density at radius 1 is 0.253 bits per heavy atom. The Labute approximate surface area is 599 Å². The summed E-state index contributed by atoms with van der Waals surface area (Å²) in [7, 11) is 0. The summed E-state index contributed by atoms with van der Waals surface area (Å²) in [5.74, 6) is 3.36. The summed E-state index contributed by atoms with van der Waals surface area (Å²) < 4.78 is 106. The highest BCUT2D eigenvalue weighted by Crippen LogP contribution is 2.45. The van der Waals surface area contributed by atoms with Crippen molar-refractivity contribution in [3.8, 4) is 0 Å². The van der Waals surface area contributed by atoms with Crippen molar-refractivity contribution in [3.05, 3.63) is 0 Å². The molecule has 0 aromatic heterocycles. The van der Waals surface area contributed by atoms with Gasteiger partial charge in [-0.2, -0.15) is 0 Å². The molecule has 5 atom stereocenters. The van der Waals surface area contributed by atoms with Gasteiger partial charge in [-0.25, -0.2) is 35.1 Å². The topological polar surface area (TPSA) is 0 Å². The molecule has 0 N–H and O–H groups in total. The highest BCUT2D eigenvalue weighted by molar-refractivity contribution is 4.91. The zero-order valence-electron chi connectivity index (χ0n) is 74.1. The Hall–Kier alpha value is -0.560. The molecule has 0 saturated heterocycles. The van der Waals surface area contributed by atoms with E-state index in [0.717, 1.165) is 50.9 Å². The third-order valence-corrected chi connectivity index (χ3v) is 23.1. The fraction of sp³-hybridized carbons (Fsp3) is 1.00. The first-order valence-electron chi connectivity index (χ1n) is 39.9. The Kier molecular flexibility index (Phi) is 68.1. The van der Waals surface area contributed by atoms with Crippen LogP contribution in [0.4, 0.5) is 35.1 Å². The van der Waals surface area contributed by atoms with E-state index in [4.69, 9.17) is 0 Å². The molecule has 0 nitrogen and oxygen atoms in total. The molecule has 8 heteroatoms. The highest BCUT2D eigenvalue weighted by atomic mass is 19.2. The lowest BCUT2D eigenvalue weighted by atomic mass is 9.65. The molecule has 590 valence electrons. The third kappa shape index (κ3) is 57.6. The summed E-state index contributed by atoms with van der Waals surface area (Å²) in [5.41, 5.74) is -6.31. The molecule has 0 bridgehead atoms. The van der Waals surface area contributed by atoms with E-state index < -0.39 is 45.4 Å². The Morgan fingerprint density at radius 3 is 0.579 bits per heavy atom. The number of halogens is 8. The van der Waals surface area contributed by atoms with E-state index in [2.05, 4.69) is 159 Å². The summed E-state index contributed by atoms with van der Waals surface area (Å²) in [6.45, 7) is 90.8.